The molecule has 3 aromatic carbocycles. The lowest BCUT2D eigenvalue weighted by Gasteiger charge is -2.44. The van der Waals surface area contributed by atoms with Crippen molar-refractivity contribution in [2.24, 2.45) is 5.92 Å². The SMILES string of the molecule is C[C@@H]1[C@H](CN2CCC(n3c(=O)[nH]c4ccccc43)CC2)O[C@H](c2cccc(N)c2)O[C@@H]1c1ccc(CO)cc1. The Morgan fingerprint density at radius 2 is 1.74 bits per heavy atom. The van der Waals surface area contributed by atoms with E-state index in [0.717, 1.165) is 60.2 Å². The van der Waals surface area contributed by atoms with E-state index in [-0.39, 0.29) is 36.5 Å². The zero-order valence-electron chi connectivity index (χ0n) is 22.2. The Morgan fingerprint density at radius 3 is 2.49 bits per heavy atom. The molecule has 3 heterocycles. The average molecular weight is 529 g/mol. The number of imidazole rings is 1. The third kappa shape index (κ3) is 5.25. The van der Waals surface area contributed by atoms with Gasteiger partial charge >= 0.3 is 5.69 Å². The molecule has 2 saturated heterocycles. The number of rotatable bonds is 6. The molecule has 4 N–H and O–H groups in total. The number of H-pyrrole nitrogens is 1. The van der Waals surface area contributed by atoms with E-state index in [2.05, 4.69) is 16.8 Å². The van der Waals surface area contributed by atoms with Crippen molar-refractivity contribution in [3.05, 3.63) is 100.0 Å². The zero-order valence-corrected chi connectivity index (χ0v) is 22.2. The van der Waals surface area contributed by atoms with Crippen LogP contribution in [0.1, 0.15) is 54.9 Å². The molecular weight excluding hydrogens is 492 g/mol. The molecule has 4 aromatic rings. The van der Waals surface area contributed by atoms with Crippen LogP contribution in [0.2, 0.25) is 0 Å². The van der Waals surface area contributed by atoms with Gasteiger partial charge in [-0.1, -0.05) is 55.5 Å². The summed E-state index contributed by atoms with van der Waals surface area (Å²) in [5.74, 6) is 0.108. The second-order valence-corrected chi connectivity index (χ2v) is 10.8. The molecule has 2 aliphatic heterocycles. The number of piperidine rings is 1. The molecule has 0 bridgehead atoms. The van der Waals surface area contributed by atoms with Crippen molar-refractivity contribution >= 4 is 16.7 Å². The molecule has 2 fully saturated rings. The van der Waals surface area contributed by atoms with Crippen LogP contribution in [0.5, 0.6) is 0 Å². The number of likely N-dealkylation sites (tertiary alicyclic amines) is 1. The number of benzene rings is 3. The van der Waals surface area contributed by atoms with Gasteiger partial charge in [0.2, 0.25) is 0 Å². The molecular formula is C31H36N4O4. The standard InChI is InChI=1S/C31H36N4O4/c1-20-28(18-34-15-13-25(14-16-34)35-27-8-3-2-7-26(27)33-31(35)37)38-30(23-5-4-6-24(32)17-23)39-29(20)22-11-9-21(19-36)10-12-22/h2-12,17,20,25,28-30,36H,13-16,18-19,32H2,1H3,(H,33,37)/t20-,28+,29+,30+/m1/s1. The second kappa shape index (κ2) is 11.0. The van der Waals surface area contributed by atoms with Crippen molar-refractivity contribution < 1.29 is 14.6 Å². The zero-order chi connectivity index (χ0) is 26.9. The fourth-order valence-corrected chi connectivity index (χ4v) is 6.09. The molecule has 39 heavy (non-hydrogen) atoms. The quantitative estimate of drug-likeness (QED) is 0.318. The number of fused-ring (bicyclic) bond motifs is 1. The third-order valence-corrected chi connectivity index (χ3v) is 8.29. The fourth-order valence-electron chi connectivity index (χ4n) is 6.09. The van der Waals surface area contributed by atoms with Crippen LogP contribution in [0.25, 0.3) is 11.0 Å². The first kappa shape index (κ1) is 25.8. The number of aromatic amines is 1. The van der Waals surface area contributed by atoms with E-state index < -0.39 is 6.29 Å². The summed E-state index contributed by atoms with van der Waals surface area (Å²) in [7, 11) is 0. The Morgan fingerprint density at radius 1 is 0.974 bits per heavy atom. The fraction of sp³-hybridized carbons (Fsp3) is 0.387. The summed E-state index contributed by atoms with van der Waals surface area (Å²) >= 11 is 0. The molecule has 0 aliphatic carbocycles. The Labute approximate surface area is 228 Å². The van der Waals surface area contributed by atoms with Gasteiger partial charge in [-0.25, -0.2) is 4.79 Å². The number of hydrogen-bond donors (Lipinski definition) is 3. The van der Waals surface area contributed by atoms with Gasteiger partial charge in [0.1, 0.15) is 0 Å². The van der Waals surface area contributed by atoms with Gasteiger partial charge in [-0.05, 0) is 48.2 Å². The number of hydrogen-bond acceptors (Lipinski definition) is 6. The molecule has 0 saturated carbocycles. The smallest absolute Gasteiger partial charge is 0.326 e. The maximum atomic E-state index is 12.7. The van der Waals surface area contributed by atoms with E-state index >= 15 is 0 Å². The minimum atomic E-state index is -0.528. The first-order valence-corrected chi connectivity index (χ1v) is 13.8. The van der Waals surface area contributed by atoms with Gasteiger partial charge in [-0.15, -0.1) is 0 Å². The molecule has 0 radical (unpaired) electrons. The maximum Gasteiger partial charge on any atom is 0.326 e. The van der Waals surface area contributed by atoms with Crippen molar-refractivity contribution in [2.75, 3.05) is 25.4 Å². The molecule has 0 spiro atoms. The summed E-state index contributed by atoms with van der Waals surface area (Å²) < 4.78 is 15.1. The Bertz CT molecular complexity index is 1470. The van der Waals surface area contributed by atoms with Crippen LogP contribution >= 0.6 is 0 Å². The number of ether oxygens (including phenoxy) is 2. The summed E-state index contributed by atoms with van der Waals surface area (Å²) in [4.78, 5) is 18.2. The van der Waals surface area contributed by atoms with E-state index in [0.29, 0.717) is 5.69 Å². The lowest BCUT2D eigenvalue weighted by atomic mass is 9.89. The van der Waals surface area contributed by atoms with E-state index in [9.17, 15) is 9.90 Å². The van der Waals surface area contributed by atoms with Gasteiger partial charge in [-0.2, -0.15) is 0 Å². The Kier molecular flexibility index (Phi) is 7.27. The monoisotopic (exact) mass is 528 g/mol. The molecule has 8 heteroatoms. The van der Waals surface area contributed by atoms with Crippen LogP contribution in [0, 0.1) is 5.92 Å². The topological polar surface area (TPSA) is 106 Å². The number of anilines is 1. The molecule has 2 aliphatic rings. The summed E-state index contributed by atoms with van der Waals surface area (Å²) in [6.07, 6.45) is 1.07. The predicted octanol–water partition coefficient (Wildman–Crippen LogP) is 4.53. The average Bonchev–Trinajstić information content (AvgIpc) is 3.30. The predicted molar refractivity (Wildman–Crippen MR) is 151 cm³/mol. The van der Waals surface area contributed by atoms with E-state index in [1.807, 2.05) is 77.4 Å². The number of nitrogens with two attached hydrogens (primary N) is 1. The maximum absolute atomic E-state index is 12.7. The van der Waals surface area contributed by atoms with Crippen LogP contribution in [-0.2, 0) is 16.1 Å². The van der Waals surface area contributed by atoms with Gasteiger partial charge < -0.3 is 30.2 Å². The molecule has 0 amide bonds. The number of aliphatic hydroxyl groups is 1. The normalized spacial score (nSPS) is 24.8. The molecule has 1 aromatic heterocycles. The van der Waals surface area contributed by atoms with Crippen molar-refractivity contribution in [3.8, 4) is 0 Å². The number of nitrogens with one attached hydrogen (secondary N) is 1. The second-order valence-electron chi connectivity index (χ2n) is 10.8. The molecule has 8 nitrogen and oxygen atoms in total. The molecule has 4 atom stereocenters. The highest BCUT2D eigenvalue weighted by molar-refractivity contribution is 5.75. The van der Waals surface area contributed by atoms with Crippen molar-refractivity contribution in [2.45, 2.75) is 50.9 Å². The summed E-state index contributed by atoms with van der Waals surface area (Å²) in [6, 6.07) is 23.7. The highest BCUT2D eigenvalue weighted by Crippen LogP contribution is 2.42. The minimum Gasteiger partial charge on any atom is -0.399 e. The van der Waals surface area contributed by atoms with Crippen LogP contribution < -0.4 is 11.4 Å². The minimum absolute atomic E-state index is 0.0135. The number of para-hydroxylation sites is 2. The highest BCUT2D eigenvalue weighted by Gasteiger charge is 2.39. The van der Waals surface area contributed by atoms with Gasteiger partial charge in [0.25, 0.3) is 0 Å². The van der Waals surface area contributed by atoms with Crippen molar-refractivity contribution in [1.29, 1.82) is 0 Å². The van der Waals surface area contributed by atoms with Crippen LogP contribution in [0.15, 0.2) is 77.6 Å². The van der Waals surface area contributed by atoms with Crippen molar-refractivity contribution in [1.82, 2.24) is 14.5 Å². The van der Waals surface area contributed by atoms with E-state index in [4.69, 9.17) is 15.2 Å². The van der Waals surface area contributed by atoms with Crippen LogP contribution in [-0.4, -0.2) is 45.3 Å². The Balaban J connectivity index is 1.19. The van der Waals surface area contributed by atoms with Gasteiger partial charge in [-0.3, -0.25) is 4.57 Å². The first-order chi connectivity index (χ1) is 19.0. The number of aromatic nitrogens is 2. The van der Waals surface area contributed by atoms with E-state index in [1.165, 1.54) is 0 Å². The number of nitrogen functional groups attached to an aromatic ring is 1. The number of nitrogens with zero attached hydrogens (tertiary/aromatic N) is 2. The van der Waals surface area contributed by atoms with Gasteiger partial charge in [0.05, 0.1) is 29.8 Å². The molecule has 6 rings (SSSR count). The Hall–Kier alpha value is -3.43. The van der Waals surface area contributed by atoms with Gasteiger partial charge in [0.15, 0.2) is 6.29 Å². The van der Waals surface area contributed by atoms with Gasteiger partial charge in [0, 0.05) is 42.8 Å². The third-order valence-electron chi connectivity index (χ3n) is 8.29. The lowest BCUT2D eigenvalue weighted by molar-refractivity contribution is -0.276. The molecule has 0 unspecified atom stereocenters. The van der Waals surface area contributed by atoms with Crippen molar-refractivity contribution in [3.63, 3.8) is 0 Å². The van der Waals surface area contributed by atoms with Crippen LogP contribution in [0.4, 0.5) is 5.69 Å². The summed E-state index contributed by atoms with van der Waals surface area (Å²) in [6.45, 7) is 4.76. The highest BCUT2D eigenvalue weighted by atomic mass is 16.7. The summed E-state index contributed by atoms with van der Waals surface area (Å²) in [5.41, 5.74) is 11.4. The molecule has 204 valence electrons. The lowest BCUT2D eigenvalue weighted by Crippen LogP contribution is -2.47. The van der Waals surface area contributed by atoms with Crippen LogP contribution in [0.3, 0.4) is 0 Å². The van der Waals surface area contributed by atoms with E-state index in [1.54, 1.807) is 0 Å². The number of aliphatic hydroxyl groups excluding tert-OH is 1. The first-order valence-electron chi connectivity index (χ1n) is 13.8. The summed E-state index contributed by atoms with van der Waals surface area (Å²) in [5, 5.41) is 9.49. The largest absolute Gasteiger partial charge is 0.399 e.